The van der Waals surface area contributed by atoms with Crippen LogP contribution in [0.1, 0.15) is 22.3 Å². The number of benzene rings is 2. The van der Waals surface area contributed by atoms with Gasteiger partial charge in [-0.3, -0.25) is 4.79 Å². The van der Waals surface area contributed by atoms with E-state index >= 15 is 0 Å². The molecule has 5 heteroatoms. The Morgan fingerprint density at radius 1 is 1.05 bits per heavy atom. The fourth-order valence-electron chi connectivity index (χ4n) is 1.93. The first-order chi connectivity index (χ1) is 10.1. The van der Waals surface area contributed by atoms with Crippen molar-refractivity contribution in [3.8, 4) is 0 Å². The molecule has 0 radical (unpaired) electrons. The van der Waals surface area contributed by atoms with Crippen molar-refractivity contribution in [2.75, 3.05) is 11.1 Å². The third-order valence-electron chi connectivity index (χ3n) is 3.05. The smallest absolute Gasteiger partial charge is 0.337 e. The van der Waals surface area contributed by atoms with Gasteiger partial charge in [-0.25, -0.2) is 4.79 Å². The number of aryl methyl sites for hydroxylation is 1. The predicted molar refractivity (Wildman–Crippen MR) is 81.2 cm³/mol. The molecular weight excluding hydrogens is 268 g/mol. The molecule has 0 aliphatic heterocycles. The van der Waals surface area contributed by atoms with Crippen LogP contribution in [-0.2, 0) is 11.2 Å². The van der Waals surface area contributed by atoms with Gasteiger partial charge in [0.1, 0.15) is 0 Å². The van der Waals surface area contributed by atoms with Gasteiger partial charge in [0.25, 0.3) is 0 Å². The van der Waals surface area contributed by atoms with Crippen molar-refractivity contribution in [2.45, 2.75) is 12.8 Å². The minimum absolute atomic E-state index is 0.0818. The van der Waals surface area contributed by atoms with E-state index in [1.807, 2.05) is 12.1 Å². The van der Waals surface area contributed by atoms with Crippen LogP contribution in [-0.4, -0.2) is 17.0 Å². The number of carbonyl (C=O) groups excluding carboxylic acids is 1. The molecule has 0 heterocycles. The Labute approximate surface area is 122 Å². The highest BCUT2D eigenvalue weighted by Gasteiger charge is 2.11. The quantitative estimate of drug-likeness (QED) is 0.736. The summed E-state index contributed by atoms with van der Waals surface area (Å²) in [4.78, 5) is 23.0. The summed E-state index contributed by atoms with van der Waals surface area (Å²) in [5.74, 6) is -1.29. The molecule has 0 aliphatic rings. The van der Waals surface area contributed by atoms with Crippen molar-refractivity contribution < 1.29 is 14.7 Å². The molecule has 108 valence electrons. The van der Waals surface area contributed by atoms with Crippen molar-refractivity contribution in [1.82, 2.24) is 0 Å². The maximum absolute atomic E-state index is 11.9. The molecule has 2 rings (SSSR count). The van der Waals surface area contributed by atoms with E-state index in [9.17, 15) is 9.59 Å². The van der Waals surface area contributed by atoms with E-state index in [0.29, 0.717) is 17.8 Å². The number of hydrogen-bond donors (Lipinski definition) is 3. The Morgan fingerprint density at radius 3 is 2.38 bits per heavy atom. The van der Waals surface area contributed by atoms with Gasteiger partial charge in [-0.2, -0.15) is 0 Å². The van der Waals surface area contributed by atoms with Crippen molar-refractivity contribution in [2.24, 2.45) is 0 Å². The van der Waals surface area contributed by atoms with Gasteiger partial charge in [0, 0.05) is 12.1 Å². The molecule has 0 unspecified atom stereocenters. The highest BCUT2D eigenvalue weighted by atomic mass is 16.4. The molecule has 0 bridgehead atoms. The molecule has 0 saturated heterocycles. The number of para-hydroxylation sites is 1. The average molecular weight is 284 g/mol. The summed E-state index contributed by atoms with van der Waals surface area (Å²) in [7, 11) is 0. The summed E-state index contributed by atoms with van der Waals surface area (Å²) in [6.07, 6.45) is 0.846. The fourth-order valence-corrected chi connectivity index (χ4v) is 1.93. The van der Waals surface area contributed by atoms with Crippen LogP contribution in [0.15, 0.2) is 48.5 Å². The monoisotopic (exact) mass is 284 g/mol. The lowest BCUT2D eigenvalue weighted by Crippen LogP contribution is -2.15. The minimum atomic E-state index is -1.07. The van der Waals surface area contributed by atoms with Crippen LogP contribution in [0, 0.1) is 0 Å². The zero-order valence-electron chi connectivity index (χ0n) is 11.4. The van der Waals surface area contributed by atoms with Crippen molar-refractivity contribution >= 4 is 23.3 Å². The zero-order chi connectivity index (χ0) is 15.2. The predicted octanol–water partition coefficient (Wildman–Crippen LogP) is 2.54. The maximum Gasteiger partial charge on any atom is 0.337 e. The van der Waals surface area contributed by atoms with Crippen LogP contribution in [0.4, 0.5) is 11.4 Å². The number of hydrogen-bond acceptors (Lipinski definition) is 3. The number of nitrogen functional groups attached to an aromatic ring is 1. The summed E-state index contributed by atoms with van der Waals surface area (Å²) < 4.78 is 0. The topological polar surface area (TPSA) is 92.4 Å². The first-order valence-electron chi connectivity index (χ1n) is 6.53. The molecule has 5 nitrogen and oxygen atoms in total. The number of carboxylic acid groups (broad SMARTS) is 1. The Balaban J connectivity index is 1.96. The number of carbonyl (C=O) groups is 2. The molecular formula is C16H16N2O3. The van der Waals surface area contributed by atoms with E-state index in [1.54, 1.807) is 30.3 Å². The molecule has 0 saturated carbocycles. The van der Waals surface area contributed by atoms with Gasteiger partial charge >= 0.3 is 5.97 Å². The molecule has 2 aromatic carbocycles. The summed E-state index contributed by atoms with van der Waals surface area (Å²) in [6.45, 7) is 0. The third-order valence-corrected chi connectivity index (χ3v) is 3.05. The van der Waals surface area contributed by atoms with E-state index in [1.165, 1.54) is 6.07 Å². The fraction of sp³-hybridized carbons (Fsp3) is 0.125. The Bertz CT molecular complexity index is 651. The van der Waals surface area contributed by atoms with Crippen molar-refractivity contribution in [1.29, 1.82) is 0 Å². The van der Waals surface area contributed by atoms with E-state index in [2.05, 4.69) is 5.32 Å². The molecule has 1 amide bonds. The van der Waals surface area contributed by atoms with Gasteiger partial charge in [0.15, 0.2) is 0 Å². The molecule has 0 aromatic heterocycles. The lowest BCUT2D eigenvalue weighted by atomic mass is 10.1. The number of aromatic carboxylic acids is 1. The van der Waals surface area contributed by atoms with Crippen LogP contribution in [0.5, 0.6) is 0 Å². The Hall–Kier alpha value is -2.82. The molecule has 0 fully saturated rings. The van der Waals surface area contributed by atoms with Crippen LogP contribution in [0.25, 0.3) is 0 Å². The largest absolute Gasteiger partial charge is 0.478 e. The van der Waals surface area contributed by atoms with Gasteiger partial charge in [-0.15, -0.1) is 0 Å². The molecule has 0 aliphatic carbocycles. The third kappa shape index (κ3) is 4.07. The highest BCUT2D eigenvalue weighted by molar-refractivity contribution is 6.00. The van der Waals surface area contributed by atoms with Crippen LogP contribution in [0.3, 0.4) is 0 Å². The van der Waals surface area contributed by atoms with E-state index in [4.69, 9.17) is 10.8 Å². The molecule has 0 atom stereocenters. The number of rotatable bonds is 5. The standard InChI is InChI=1S/C16H16N2O3/c17-12-8-5-11(6-9-12)7-10-15(19)18-14-4-2-1-3-13(14)16(20)21/h1-6,8-9H,7,10,17H2,(H,18,19)(H,20,21). The normalized spacial score (nSPS) is 10.1. The Morgan fingerprint density at radius 2 is 1.71 bits per heavy atom. The minimum Gasteiger partial charge on any atom is -0.478 e. The van der Waals surface area contributed by atoms with Gasteiger partial charge in [-0.1, -0.05) is 24.3 Å². The average Bonchev–Trinajstić information content (AvgIpc) is 2.47. The summed E-state index contributed by atoms with van der Waals surface area (Å²) >= 11 is 0. The molecule has 4 N–H and O–H groups in total. The van der Waals surface area contributed by atoms with Crippen LogP contribution >= 0.6 is 0 Å². The lowest BCUT2D eigenvalue weighted by Gasteiger charge is -2.08. The first kappa shape index (κ1) is 14.6. The number of carboxylic acids is 1. The van der Waals surface area contributed by atoms with Crippen LogP contribution < -0.4 is 11.1 Å². The summed E-state index contributed by atoms with van der Waals surface area (Å²) in [6, 6.07) is 13.6. The first-order valence-corrected chi connectivity index (χ1v) is 6.53. The molecule has 2 aromatic rings. The maximum atomic E-state index is 11.9. The van der Waals surface area contributed by atoms with Crippen molar-refractivity contribution in [3.63, 3.8) is 0 Å². The second-order valence-corrected chi connectivity index (χ2v) is 4.64. The van der Waals surface area contributed by atoms with Crippen LogP contribution in [0.2, 0.25) is 0 Å². The highest BCUT2D eigenvalue weighted by Crippen LogP contribution is 2.15. The SMILES string of the molecule is Nc1ccc(CCC(=O)Nc2ccccc2C(=O)O)cc1. The number of anilines is 2. The van der Waals surface area contributed by atoms with Crippen molar-refractivity contribution in [3.05, 3.63) is 59.7 Å². The summed E-state index contributed by atoms with van der Waals surface area (Å²) in [5, 5.41) is 11.7. The van der Waals surface area contributed by atoms with Gasteiger partial charge in [0.2, 0.25) is 5.91 Å². The number of nitrogens with two attached hydrogens (primary N) is 1. The Kier molecular flexibility index (Phi) is 4.56. The molecule has 0 spiro atoms. The van der Waals surface area contributed by atoms with E-state index < -0.39 is 5.97 Å². The second kappa shape index (κ2) is 6.56. The number of amides is 1. The van der Waals surface area contributed by atoms with E-state index in [0.717, 1.165) is 5.56 Å². The number of nitrogens with one attached hydrogen (secondary N) is 1. The second-order valence-electron chi connectivity index (χ2n) is 4.64. The van der Waals surface area contributed by atoms with Gasteiger partial charge in [-0.05, 0) is 36.2 Å². The lowest BCUT2D eigenvalue weighted by molar-refractivity contribution is -0.116. The summed E-state index contributed by atoms with van der Waals surface area (Å²) in [5.41, 5.74) is 7.67. The molecule has 21 heavy (non-hydrogen) atoms. The van der Waals surface area contributed by atoms with Gasteiger partial charge < -0.3 is 16.2 Å². The van der Waals surface area contributed by atoms with E-state index in [-0.39, 0.29) is 17.9 Å². The zero-order valence-corrected chi connectivity index (χ0v) is 11.4. The van der Waals surface area contributed by atoms with Gasteiger partial charge in [0.05, 0.1) is 11.3 Å².